The van der Waals surface area contributed by atoms with Gasteiger partial charge in [-0.15, -0.1) is 12.4 Å². The fourth-order valence-corrected chi connectivity index (χ4v) is 4.35. The number of benzene rings is 1. The number of hydrogen-bond acceptors (Lipinski definition) is 4. The summed E-state index contributed by atoms with van der Waals surface area (Å²) in [5.41, 5.74) is 2.70. The van der Waals surface area contributed by atoms with Gasteiger partial charge < -0.3 is 15.6 Å². The van der Waals surface area contributed by atoms with E-state index in [2.05, 4.69) is 32.5 Å². The van der Waals surface area contributed by atoms with Crippen LogP contribution in [0.15, 0.2) is 41.4 Å². The Bertz CT molecular complexity index is 896. The van der Waals surface area contributed by atoms with Crippen LogP contribution in [-0.4, -0.2) is 38.4 Å². The minimum Gasteiger partial charge on any atom is -0.356 e. The number of hydrogen-bond donors (Lipinski definition) is 4. The van der Waals surface area contributed by atoms with Crippen LogP contribution in [0.25, 0.3) is 0 Å². The molecular weight excluding hydrogens is 388 g/mol. The van der Waals surface area contributed by atoms with Crippen molar-refractivity contribution < 1.29 is 13.2 Å². The fourth-order valence-electron chi connectivity index (χ4n) is 3.10. The Labute approximate surface area is 165 Å². The lowest BCUT2D eigenvalue weighted by molar-refractivity contribution is 0.0944. The first kappa shape index (κ1) is 21.4. The van der Waals surface area contributed by atoms with Crippen LogP contribution >= 0.6 is 12.4 Å². The maximum absolute atomic E-state index is 12.4. The molecule has 0 bridgehead atoms. The van der Waals surface area contributed by atoms with Crippen molar-refractivity contribution in [2.24, 2.45) is 0 Å². The van der Waals surface area contributed by atoms with Crippen LogP contribution in [0, 0.1) is 0 Å². The van der Waals surface area contributed by atoms with Gasteiger partial charge in [0.05, 0.1) is 0 Å². The number of aromatic amines is 1. The number of H-pyrrole nitrogens is 1. The van der Waals surface area contributed by atoms with Gasteiger partial charge in [-0.05, 0) is 44.0 Å². The van der Waals surface area contributed by atoms with E-state index in [4.69, 9.17) is 0 Å². The van der Waals surface area contributed by atoms with Crippen LogP contribution in [0.2, 0.25) is 0 Å². The molecule has 0 fully saturated rings. The number of halogens is 1. The smallest absolute Gasteiger partial charge is 0.267 e. The first-order valence-corrected chi connectivity index (χ1v) is 10.2. The fraction of sp³-hybridized carbons (Fsp3) is 0.389. The summed E-state index contributed by atoms with van der Waals surface area (Å²) in [7, 11) is -3.62. The van der Waals surface area contributed by atoms with Crippen molar-refractivity contribution in [2.45, 2.75) is 37.2 Å². The third-order valence-electron chi connectivity index (χ3n) is 4.28. The number of rotatable bonds is 6. The highest BCUT2D eigenvalue weighted by Crippen LogP contribution is 2.22. The molecular formula is C18H25ClN4O3S. The number of nitrogens with one attached hydrogen (secondary N) is 4. The average Bonchev–Trinajstić information content (AvgIpc) is 3.10. The summed E-state index contributed by atoms with van der Waals surface area (Å²) in [5.74, 6) is -0.333. The SMILES string of the molecule is CC(C)NS(=O)(=O)c1c[nH]c(C(=O)NCC2NCCc3ccccc32)c1.Cl. The maximum atomic E-state index is 12.4. The molecule has 3 rings (SSSR count). The molecule has 1 aromatic carbocycles. The first-order valence-electron chi connectivity index (χ1n) is 8.67. The van der Waals surface area contributed by atoms with E-state index >= 15 is 0 Å². The summed E-state index contributed by atoms with van der Waals surface area (Å²) in [6.07, 6.45) is 2.30. The highest BCUT2D eigenvalue weighted by Gasteiger charge is 2.22. The Morgan fingerprint density at radius 2 is 2.04 bits per heavy atom. The molecule has 0 saturated carbocycles. The zero-order valence-corrected chi connectivity index (χ0v) is 16.9. The predicted molar refractivity (Wildman–Crippen MR) is 107 cm³/mol. The Morgan fingerprint density at radius 3 is 2.78 bits per heavy atom. The molecule has 0 saturated heterocycles. The predicted octanol–water partition coefficient (Wildman–Crippen LogP) is 1.74. The van der Waals surface area contributed by atoms with E-state index in [1.807, 2.05) is 12.1 Å². The number of carbonyl (C=O) groups is 1. The average molecular weight is 413 g/mol. The van der Waals surface area contributed by atoms with E-state index < -0.39 is 10.0 Å². The first-order chi connectivity index (χ1) is 12.4. The monoisotopic (exact) mass is 412 g/mol. The van der Waals surface area contributed by atoms with Gasteiger partial charge >= 0.3 is 0 Å². The molecule has 1 aliphatic rings. The van der Waals surface area contributed by atoms with E-state index in [-0.39, 0.29) is 41.0 Å². The lowest BCUT2D eigenvalue weighted by Gasteiger charge is -2.27. The van der Waals surface area contributed by atoms with E-state index in [0.29, 0.717) is 6.54 Å². The molecule has 148 valence electrons. The van der Waals surface area contributed by atoms with Gasteiger partial charge in [-0.2, -0.15) is 0 Å². The van der Waals surface area contributed by atoms with Gasteiger partial charge in [0.25, 0.3) is 5.91 Å². The molecule has 2 heterocycles. The highest BCUT2D eigenvalue weighted by molar-refractivity contribution is 7.89. The number of carbonyl (C=O) groups excluding carboxylic acids is 1. The van der Waals surface area contributed by atoms with E-state index in [9.17, 15) is 13.2 Å². The van der Waals surface area contributed by atoms with Crippen molar-refractivity contribution in [3.05, 3.63) is 53.3 Å². The molecule has 7 nitrogen and oxygen atoms in total. The largest absolute Gasteiger partial charge is 0.356 e. The van der Waals surface area contributed by atoms with Gasteiger partial charge in [-0.3, -0.25) is 4.79 Å². The van der Waals surface area contributed by atoms with Gasteiger partial charge in [0, 0.05) is 24.8 Å². The molecule has 1 aliphatic heterocycles. The Kier molecular flexibility index (Phi) is 7.05. The number of fused-ring (bicyclic) bond motifs is 1. The van der Waals surface area contributed by atoms with Crippen LogP contribution in [0.1, 0.15) is 41.5 Å². The van der Waals surface area contributed by atoms with Gasteiger partial charge in [0.2, 0.25) is 10.0 Å². The molecule has 0 spiro atoms. The van der Waals surface area contributed by atoms with Crippen LogP contribution in [0.3, 0.4) is 0 Å². The summed E-state index contributed by atoms with van der Waals surface area (Å²) < 4.78 is 26.8. The normalized spacial score (nSPS) is 16.5. The van der Waals surface area contributed by atoms with E-state index in [1.165, 1.54) is 23.4 Å². The van der Waals surface area contributed by atoms with E-state index in [1.54, 1.807) is 13.8 Å². The van der Waals surface area contributed by atoms with E-state index in [0.717, 1.165) is 13.0 Å². The number of amides is 1. The van der Waals surface area contributed by atoms with Crippen molar-refractivity contribution in [2.75, 3.05) is 13.1 Å². The number of aromatic nitrogens is 1. The van der Waals surface area contributed by atoms with Gasteiger partial charge in [-0.1, -0.05) is 24.3 Å². The zero-order chi connectivity index (χ0) is 18.7. The quantitative estimate of drug-likeness (QED) is 0.580. The number of sulfonamides is 1. The third kappa shape index (κ3) is 5.10. The van der Waals surface area contributed by atoms with Crippen molar-refractivity contribution in [1.82, 2.24) is 20.3 Å². The van der Waals surface area contributed by atoms with Gasteiger partial charge in [0.1, 0.15) is 10.6 Å². The molecule has 1 atom stereocenters. The molecule has 1 unspecified atom stereocenters. The van der Waals surface area contributed by atoms with Crippen LogP contribution in [-0.2, 0) is 16.4 Å². The molecule has 2 aromatic rings. The second kappa shape index (κ2) is 8.88. The molecule has 1 amide bonds. The Hall–Kier alpha value is -1.87. The second-order valence-electron chi connectivity index (χ2n) is 6.69. The van der Waals surface area contributed by atoms with Crippen LogP contribution < -0.4 is 15.4 Å². The van der Waals surface area contributed by atoms with Crippen molar-refractivity contribution in [3.8, 4) is 0 Å². The summed E-state index contributed by atoms with van der Waals surface area (Å²) >= 11 is 0. The van der Waals surface area contributed by atoms with Crippen molar-refractivity contribution >= 4 is 28.3 Å². The second-order valence-corrected chi connectivity index (χ2v) is 8.40. The minimum atomic E-state index is -3.62. The zero-order valence-electron chi connectivity index (χ0n) is 15.3. The van der Waals surface area contributed by atoms with Crippen molar-refractivity contribution in [1.29, 1.82) is 0 Å². The Morgan fingerprint density at radius 1 is 1.30 bits per heavy atom. The van der Waals surface area contributed by atoms with Crippen LogP contribution in [0.5, 0.6) is 0 Å². The lowest BCUT2D eigenvalue weighted by Crippen LogP contribution is -2.38. The topological polar surface area (TPSA) is 103 Å². The molecule has 0 radical (unpaired) electrons. The van der Waals surface area contributed by atoms with Crippen LogP contribution in [0.4, 0.5) is 0 Å². The summed E-state index contributed by atoms with van der Waals surface area (Å²) in [6.45, 7) is 4.78. The minimum absolute atomic E-state index is 0. The maximum Gasteiger partial charge on any atom is 0.267 e. The summed E-state index contributed by atoms with van der Waals surface area (Å²) in [4.78, 5) is 15.2. The summed E-state index contributed by atoms with van der Waals surface area (Å²) in [6, 6.07) is 9.36. The molecule has 4 N–H and O–H groups in total. The summed E-state index contributed by atoms with van der Waals surface area (Å²) in [5, 5.41) is 6.27. The standard InChI is InChI=1S/C18H24N4O3S.ClH/c1-12(2)22-26(24,25)14-9-16(20-10-14)18(23)21-11-17-15-6-4-3-5-13(15)7-8-19-17;/h3-6,9-10,12,17,19-20,22H,7-8,11H2,1-2H3,(H,21,23);1H. The Balaban J connectivity index is 0.00000261. The highest BCUT2D eigenvalue weighted by atomic mass is 35.5. The molecule has 0 aliphatic carbocycles. The van der Waals surface area contributed by atoms with Gasteiger partial charge in [0.15, 0.2) is 0 Å². The molecule has 1 aromatic heterocycles. The molecule has 9 heteroatoms. The van der Waals surface area contributed by atoms with Crippen molar-refractivity contribution in [3.63, 3.8) is 0 Å². The molecule has 27 heavy (non-hydrogen) atoms. The van der Waals surface area contributed by atoms with Gasteiger partial charge in [-0.25, -0.2) is 13.1 Å². The third-order valence-corrected chi connectivity index (χ3v) is 5.92. The lowest BCUT2D eigenvalue weighted by atomic mass is 9.94.